The summed E-state index contributed by atoms with van der Waals surface area (Å²) in [5.74, 6) is -2.17. The van der Waals surface area contributed by atoms with Crippen molar-refractivity contribution in [3.63, 3.8) is 0 Å². The van der Waals surface area contributed by atoms with Crippen LogP contribution < -0.4 is 16.8 Å². The number of aromatic nitrogens is 1. The molecule has 0 aliphatic rings. The van der Waals surface area contributed by atoms with Crippen molar-refractivity contribution in [3.05, 3.63) is 38.9 Å². The largest absolute Gasteiger partial charge is 0.420 e. The van der Waals surface area contributed by atoms with Crippen LogP contribution in [0.3, 0.4) is 0 Å². The summed E-state index contributed by atoms with van der Waals surface area (Å²) in [5, 5.41) is 13.0. The van der Waals surface area contributed by atoms with Gasteiger partial charge in [0.25, 0.3) is 5.69 Å². The molecule has 1 heterocycles. The van der Waals surface area contributed by atoms with Crippen molar-refractivity contribution < 1.29 is 18.9 Å². The van der Waals surface area contributed by atoms with E-state index >= 15 is 0 Å². The topological polar surface area (TPSA) is 150 Å². The number of oxazole rings is 1. The average molecular weight is 308 g/mol. The van der Waals surface area contributed by atoms with E-state index in [9.17, 15) is 24.5 Å². The Morgan fingerprint density at radius 1 is 1.50 bits per heavy atom. The molecule has 0 saturated heterocycles. The first kappa shape index (κ1) is 15.2. The van der Waals surface area contributed by atoms with E-state index in [4.69, 9.17) is 10.2 Å². The fourth-order valence-corrected chi connectivity index (χ4v) is 1.82. The maximum atomic E-state index is 11.8. The third kappa shape index (κ3) is 2.95. The number of rotatable bonds is 5. The maximum absolute atomic E-state index is 11.8. The minimum atomic E-state index is -0.887. The van der Waals surface area contributed by atoms with E-state index in [2.05, 4.69) is 5.32 Å². The summed E-state index contributed by atoms with van der Waals surface area (Å²) in [6.07, 6.45) is 0. The molecule has 0 bridgehead atoms. The first-order valence-corrected chi connectivity index (χ1v) is 6.16. The molecule has 1 aromatic carbocycles. The number of amides is 2. The number of carbonyl (C=O) groups excluding carboxylic acids is 2. The van der Waals surface area contributed by atoms with Crippen LogP contribution in [0, 0.1) is 10.1 Å². The molecule has 0 fully saturated rings. The highest BCUT2D eigenvalue weighted by Gasteiger charge is 2.18. The lowest BCUT2D eigenvalue weighted by molar-refractivity contribution is -0.384. The standard InChI is InChI=1S/C12H12N4O6/c1-6(11(13)18)14-10(17)5-15-8-3-2-7(16(20)21)4-9(8)22-12(15)19/h2-4,6H,5H2,1H3,(H2,13,18)(H,14,17). The monoisotopic (exact) mass is 308 g/mol. The number of nitrogens with zero attached hydrogens (tertiary/aromatic N) is 2. The van der Waals surface area contributed by atoms with Crippen LogP contribution in [0.25, 0.3) is 11.1 Å². The second-order valence-corrected chi connectivity index (χ2v) is 4.55. The highest BCUT2D eigenvalue weighted by Crippen LogP contribution is 2.19. The Labute approximate surface area is 122 Å². The molecule has 2 rings (SSSR count). The Hall–Kier alpha value is -3.17. The number of non-ortho nitro benzene ring substituents is 1. The molecule has 1 aromatic heterocycles. The molecular formula is C12H12N4O6. The lowest BCUT2D eigenvalue weighted by Gasteiger charge is -2.09. The third-order valence-electron chi connectivity index (χ3n) is 2.97. The van der Waals surface area contributed by atoms with Crippen molar-refractivity contribution in [3.8, 4) is 0 Å². The number of benzene rings is 1. The first-order chi connectivity index (χ1) is 10.3. The van der Waals surface area contributed by atoms with Crippen LogP contribution >= 0.6 is 0 Å². The Morgan fingerprint density at radius 3 is 2.77 bits per heavy atom. The van der Waals surface area contributed by atoms with Crippen LogP contribution in [0.1, 0.15) is 6.92 Å². The predicted octanol–water partition coefficient (Wildman–Crippen LogP) is -0.507. The minimum Gasteiger partial charge on any atom is -0.407 e. The number of carbonyl (C=O) groups is 2. The van der Waals surface area contributed by atoms with E-state index in [1.165, 1.54) is 19.1 Å². The second-order valence-electron chi connectivity index (χ2n) is 4.55. The van der Waals surface area contributed by atoms with Crippen LogP contribution in [0.2, 0.25) is 0 Å². The van der Waals surface area contributed by atoms with Gasteiger partial charge in [-0.3, -0.25) is 24.3 Å². The van der Waals surface area contributed by atoms with Gasteiger partial charge in [-0.25, -0.2) is 4.79 Å². The quantitative estimate of drug-likeness (QED) is 0.561. The summed E-state index contributed by atoms with van der Waals surface area (Å²) in [6, 6.07) is 2.71. The smallest absolute Gasteiger partial charge is 0.407 e. The van der Waals surface area contributed by atoms with Gasteiger partial charge in [0.15, 0.2) is 5.58 Å². The first-order valence-electron chi connectivity index (χ1n) is 6.16. The van der Waals surface area contributed by atoms with Gasteiger partial charge >= 0.3 is 5.76 Å². The molecule has 10 heteroatoms. The van der Waals surface area contributed by atoms with Crippen LogP contribution in [0.15, 0.2) is 27.4 Å². The molecule has 2 aromatic rings. The molecular weight excluding hydrogens is 296 g/mol. The van der Waals surface area contributed by atoms with Gasteiger partial charge in [0.05, 0.1) is 16.5 Å². The van der Waals surface area contributed by atoms with Gasteiger partial charge in [-0.2, -0.15) is 0 Å². The van der Waals surface area contributed by atoms with Crippen LogP contribution in [0.4, 0.5) is 5.69 Å². The lowest BCUT2D eigenvalue weighted by atomic mass is 10.3. The molecule has 0 radical (unpaired) electrons. The van der Waals surface area contributed by atoms with Crippen molar-refractivity contribution in [1.82, 2.24) is 9.88 Å². The summed E-state index contributed by atoms with van der Waals surface area (Å²) in [5.41, 5.74) is 5.01. The van der Waals surface area contributed by atoms with E-state index in [0.29, 0.717) is 0 Å². The zero-order valence-corrected chi connectivity index (χ0v) is 11.4. The molecule has 1 atom stereocenters. The summed E-state index contributed by atoms with van der Waals surface area (Å²) in [6.45, 7) is 1.00. The van der Waals surface area contributed by atoms with Gasteiger partial charge in [0.1, 0.15) is 12.6 Å². The van der Waals surface area contributed by atoms with Gasteiger partial charge < -0.3 is 15.5 Å². The molecule has 22 heavy (non-hydrogen) atoms. The Morgan fingerprint density at radius 2 is 2.18 bits per heavy atom. The number of hydrogen-bond acceptors (Lipinski definition) is 6. The molecule has 3 N–H and O–H groups in total. The molecule has 0 spiro atoms. The van der Waals surface area contributed by atoms with Crippen molar-refractivity contribution in [2.24, 2.45) is 5.73 Å². The molecule has 1 unspecified atom stereocenters. The molecule has 0 aliphatic carbocycles. The third-order valence-corrected chi connectivity index (χ3v) is 2.97. The minimum absolute atomic E-state index is 0.00468. The van der Waals surface area contributed by atoms with E-state index in [-0.39, 0.29) is 16.8 Å². The van der Waals surface area contributed by atoms with Gasteiger partial charge in [0, 0.05) is 6.07 Å². The van der Waals surface area contributed by atoms with Crippen LogP contribution in [-0.2, 0) is 16.1 Å². The summed E-state index contributed by atoms with van der Waals surface area (Å²) in [7, 11) is 0. The number of hydrogen-bond donors (Lipinski definition) is 2. The molecule has 0 aliphatic heterocycles. The summed E-state index contributed by atoms with van der Waals surface area (Å²) < 4.78 is 5.88. The molecule has 2 amide bonds. The number of nitro groups is 1. The average Bonchev–Trinajstić information content (AvgIpc) is 2.74. The van der Waals surface area contributed by atoms with Crippen molar-refractivity contribution in [2.75, 3.05) is 0 Å². The summed E-state index contributed by atoms with van der Waals surface area (Å²) in [4.78, 5) is 44.4. The Bertz CT molecular complexity index is 821. The van der Waals surface area contributed by atoms with Crippen molar-refractivity contribution >= 4 is 28.6 Å². The van der Waals surface area contributed by atoms with Crippen LogP contribution in [-0.4, -0.2) is 27.3 Å². The van der Waals surface area contributed by atoms with E-state index in [1.54, 1.807) is 0 Å². The highest BCUT2D eigenvalue weighted by atomic mass is 16.6. The van der Waals surface area contributed by atoms with Gasteiger partial charge in [-0.05, 0) is 13.0 Å². The van der Waals surface area contributed by atoms with Gasteiger partial charge in [-0.1, -0.05) is 0 Å². The number of fused-ring (bicyclic) bond motifs is 1. The van der Waals surface area contributed by atoms with Crippen molar-refractivity contribution in [2.45, 2.75) is 19.5 Å². The number of nitrogens with two attached hydrogens (primary N) is 1. The van der Waals surface area contributed by atoms with E-state index < -0.39 is 35.1 Å². The zero-order chi connectivity index (χ0) is 16.4. The Balaban J connectivity index is 2.30. The highest BCUT2D eigenvalue weighted by molar-refractivity contribution is 5.87. The van der Waals surface area contributed by atoms with Gasteiger partial charge in [0.2, 0.25) is 11.8 Å². The fourth-order valence-electron chi connectivity index (χ4n) is 1.82. The predicted molar refractivity (Wildman–Crippen MR) is 73.9 cm³/mol. The van der Waals surface area contributed by atoms with Crippen molar-refractivity contribution in [1.29, 1.82) is 0 Å². The summed E-state index contributed by atoms with van der Waals surface area (Å²) >= 11 is 0. The number of nitro benzene ring substituents is 1. The normalized spacial score (nSPS) is 12.0. The number of nitrogens with one attached hydrogen (secondary N) is 1. The van der Waals surface area contributed by atoms with E-state index in [1.807, 2.05) is 0 Å². The SMILES string of the molecule is CC(NC(=O)Cn1c(=O)oc2cc([N+](=O)[O-])ccc21)C(N)=O. The second kappa shape index (κ2) is 5.68. The fraction of sp³-hybridized carbons (Fsp3) is 0.250. The van der Waals surface area contributed by atoms with E-state index in [0.717, 1.165) is 10.6 Å². The lowest BCUT2D eigenvalue weighted by Crippen LogP contribution is -2.44. The maximum Gasteiger partial charge on any atom is 0.420 e. The Kier molecular flexibility index (Phi) is 3.93. The zero-order valence-electron chi connectivity index (χ0n) is 11.4. The molecule has 10 nitrogen and oxygen atoms in total. The molecule has 116 valence electrons. The molecule has 0 saturated carbocycles. The number of primary amides is 1. The van der Waals surface area contributed by atoms with Gasteiger partial charge in [-0.15, -0.1) is 0 Å². The van der Waals surface area contributed by atoms with Crippen LogP contribution in [0.5, 0.6) is 0 Å².